The van der Waals surface area contributed by atoms with Gasteiger partial charge in [0.05, 0.1) is 6.61 Å². The average Bonchev–Trinajstić information content (AvgIpc) is 2.74. The van der Waals surface area contributed by atoms with Crippen LogP contribution in [0.25, 0.3) is 0 Å². The monoisotopic (exact) mass is 209 g/mol. The fourth-order valence-corrected chi connectivity index (χ4v) is 1.52. The lowest BCUT2D eigenvalue weighted by atomic mass is 10.3. The van der Waals surface area contributed by atoms with Crippen molar-refractivity contribution in [2.45, 2.75) is 19.4 Å². The summed E-state index contributed by atoms with van der Waals surface area (Å²) in [5.74, 6) is 0.972. The standard InChI is InChI=1S/C10H15N3O2/c1-2-14-9-10(13-6-5-12-9)15-8-3-4-11-7-8/h5-6,8,11H,2-4,7H2,1H3. The molecule has 1 aromatic heterocycles. The van der Waals surface area contributed by atoms with E-state index in [2.05, 4.69) is 15.3 Å². The van der Waals surface area contributed by atoms with E-state index in [0.29, 0.717) is 18.4 Å². The normalized spacial score (nSPS) is 20.2. The molecule has 1 unspecified atom stereocenters. The third-order valence-electron chi connectivity index (χ3n) is 2.21. The van der Waals surface area contributed by atoms with Crippen LogP contribution < -0.4 is 14.8 Å². The molecule has 15 heavy (non-hydrogen) atoms. The van der Waals surface area contributed by atoms with Crippen molar-refractivity contribution < 1.29 is 9.47 Å². The fourth-order valence-electron chi connectivity index (χ4n) is 1.52. The van der Waals surface area contributed by atoms with Gasteiger partial charge in [-0.2, -0.15) is 0 Å². The van der Waals surface area contributed by atoms with Gasteiger partial charge in [0.15, 0.2) is 0 Å². The van der Waals surface area contributed by atoms with E-state index in [1.54, 1.807) is 12.4 Å². The lowest BCUT2D eigenvalue weighted by Gasteiger charge is -2.13. The lowest BCUT2D eigenvalue weighted by Crippen LogP contribution is -2.20. The second-order valence-electron chi connectivity index (χ2n) is 3.33. The second-order valence-corrected chi connectivity index (χ2v) is 3.33. The predicted octanol–water partition coefficient (Wildman–Crippen LogP) is 0.616. The Hall–Kier alpha value is -1.36. The Balaban J connectivity index is 2.05. The van der Waals surface area contributed by atoms with Crippen LogP contribution in [0.3, 0.4) is 0 Å². The molecule has 5 heteroatoms. The van der Waals surface area contributed by atoms with Crippen molar-refractivity contribution >= 4 is 0 Å². The smallest absolute Gasteiger partial charge is 0.278 e. The third kappa shape index (κ3) is 2.56. The molecule has 1 aromatic rings. The molecule has 0 bridgehead atoms. The third-order valence-corrected chi connectivity index (χ3v) is 2.21. The van der Waals surface area contributed by atoms with Gasteiger partial charge in [0.25, 0.3) is 11.8 Å². The number of hydrogen-bond acceptors (Lipinski definition) is 5. The minimum atomic E-state index is 0.181. The summed E-state index contributed by atoms with van der Waals surface area (Å²) in [4.78, 5) is 8.20. The first kappa shape index (κ1) is 10.2. The molecule has 0 amide bonds. The molecular weight excluding hydrogens is 194 g/mol. The first-order valence-electron chi connectivity index (χ1n) is 5.21. The van der Waals surface area contributed by atoms with Gasteiger partial charge in [0.2, 0.25) is 0 Å². The molecule has 1 atom stereocenters. The maximum atomic E-state index is 5.70. The molecule has 2 rings (SSSR count). The Bertz CT molecular complexity index is 313. The van der Waals surface area contributed by atoms with Gasteiger partial charge in [0.1, 0.15) is 6.10 Å². The van der Waals surface area contributed by atoms with Gasteiger partial charge in [-0.3, -0.25) is 0 Å². The highest BCUT2D eigenvalue weighted by Gasteiger charge is 2.19. The van der Waals surface area contributed by atoms with Crippen molar-refractivity contribution in [3.8, 4) is 11.8 Å². The SMILES string of the molecule is CCOc1nccnc1OC1CCNC1. The molecular formula is C10H15N3O2. The van der Waals surface area contributed by atoms with Gasteiger partial charge in [-0.25, -0.2) is 9.97 Å². The second kappa shape index (κ2) is 4.93. The summed E-state index contributed by atoms with van der Waals surface area (Å²) in [6, 6.07) is 0. The Kier molecular flexibility index (Phi) is 3.34. The minimum absolute atomic E-state index is 0.181. The van der Waals surface area contributed by atoms with E-state index in [1.807, 2.05) is 6.92 Å². The molecule has 82 valence electrons. The number of nitrogens with zero attached hydrogens (tertiary/aromatic N) is 2. The van der Waals surface area contributed by atoms with Crippen LogP contribution >= 0.6 is 0 Å². The molecule has 1 aliphatic rings. The van der Waals surface area contributed by atoms with Crippen molar-refractivity contribution in [3.63, 3.8) is 0 Å². The van der Waals surface area contributed by atoms with Crippen LogP contribution in [0.15, 0.2) is 12.4 Å². The Labute approximate surface area is 88.8 Å². The molecule has 2 heterocycles. The lowest BCUT2D eigenvalue weighted by molar-refractivity contribution is 0.195. The zero-order valence-electron chi connectivity index (χ0n) is 8.77. The Morgan fingerprint density at radius 3 is 2.87 bits per heavy atom. The van der Waals surface area contributed by atoms with Gasteiger partial charge in [-0.05, 0) is 19.9 Å². The highest BCUT2D eigenvalue weighted by Crippen LogP contribution is 2.22. The molecule has 5 nitrogen and oxygen atoms in total. The molecule has 0 aromatic carbocycles. The number of hydrogen-bond donors (Lipinski definition) is 1. The molecule has 0 aliphatic carbocycles. The maximum Gasteiger partial charge on any atom is 0.278 e. The van der Waals surface area contributed by atoms with Crippen molar-refractivity contribution in [2.75, 3.05) is 19.7 Å². The summed E-state index contributed by atoms with van der Waals surface area (Å²) in [5, 5.41) is 3.23. The van der Waals surface area contributed by atoms with Crippen LogP contribution in [0, 0.1) is 0 Å². The van der Waals surface area contributed by atoms with E-state index in [-0.39, 0.29) is 6.10 Å². The van der Waals surface area contributed by atoms with Crippen molar-refractivity contribution in [3.05, 3.63) is 12.4 Å². The predicted molar refractivity (Wildman–Crippen MR) is 55.1 cm³/mol. The van der Waals surface area contributed by atoms with Crippen LogP contribution in [-0.4, -0.2) is 35.8 Å². The van der Waals surface area contributed by atoms with Crippen molar-refractivity contribution in [1.29, 1.82) is 0 Å². The van der Waals surface area contributed by atoms with Gasteiger partial charge in [0, 0.05) is 18.9 Å². The minimum Gasteiger partial charge on any atom is -0.474 e. The van der Waals surface area contributed by atoms with Crippen LogP contribution in [0.5, 0.6) is 11.8 Å². The quantitative estimate of drug-likeness (QED) is 0.787. The number of aromatic nitrogens is 2. The summed E-state index contributed by atoms with van der Waals surface area (Å²) in [6.07, 6.45) is 4.40. The molecule has 1 fully saturated rings. The van der Waals surface area contributed by atoms with E-state index < -0.39 is 0 Å². The van der Waals surface area contributed by atoms with E-state index in [1.165, 1.54) is 0 Å². The molecule has 0 spiro atoms. The fraction of sp³-hybridized carbons (Fsp3) is 0.600. The molecule has 1 aliphatic heterocycles. The number of rotatable bonds is 4. The first-order chi connectivity index (χ1) is 7.40. The number of ether oxygens (including phenoxy) is 2. The molecule has 0 saturated carbocycles. The van der Waals surface area contributed by atoms with E-state index in [0.717, 1.165) is 19.5 Å². The van der Waals surface area contributed by atoms with Crippen LogP contribution in [0.1, 0.15) is 13.3 Å². The summed E-state index contributed by atoms with van der Waals surface area (Å²) in [5.41, 5.74) is 0. The largest absolute Gasteiger partial charge is 0.474 e. The Morgan fingerprint density at radius 2 is 2.20 bits per heavy atom. The first-order valence-corrected chi connectivity index (χ1v) is 5.21. The average molecular weight is 209 g/mol. The molecule has 0 radical (unpaired) electrons. The van der Waals surface area contributed by atoms with Crippen molar-refractivity contribution in [1.82, 2.24) is 15.3 Å². The van der Waals surface area contributed by atoms with Crippen LogP contribution in [0.4, 0.5) is 0 Å². The maximum absolute atomic E-state index is 5.70. The molecule has 1 N–H and O–H groups in total. The Morgan fingerprint density at radius 1 is 1.40 bits per heavy atom. The zero-order valence-corrected chi connectivity index (χ0v) is 8.77. The highest BCUT2D eigenvalue weighted by molar-refractivity contribution is 5.24. The summed E-state index contributed by atoms with van der Waals surface area (Å²) in [7, 11) is 0. The molecule has 1 saturated heterocycles. The van der Waals surface area contributed by atoms with Gasteiger partial charge < -0.3 is 14.8 Å². The summed E-state index contributed by atoms with van der Waals surface area (Å²) < 4.78 is 11.0. The van der Waals surface area contributed by atoms with Crippen LogP contribution in [0.2, 0.25) is 0 Å². The summed E-state index contributed by atoms with van der Waals surface area (Å²) in [6.45, 7) is 4.34. The van der Waals surface area contributed by atoms with E-state index >= 15 is 0 Å². The van der Waals surface area contributed by atoms with Crippen molar-refractivity contribution in [2.24, 2.45) is 0 Å². The van der Waals surface area contributed by atoms with Gasteiger partial charge in [-0.1, -0.05) is 0 Å². The van der Waals surface area contributed by atoms with E-state index in [4.69, 9.17) is 9.47 Å². The highest BCUT2D eigenvalue weighted by atomic mass is 16.5. The van der Waals surface area contributed by atoms with Crippen LogP contribution in [-0.2, 0) is 0 Å². The van der Waals surface area contributed by atoms with E-state index in [9.17, 15) is 0 Å². The zero-order chi connectivity index (χ0) is 10.5. The summed E-state index contributed by atoms with van der Waals surface area (Å²) >= 11 is 0. The van der Waals surface area contributed by atoms with Gasteiger partial charge in [-0.15, -0.1) is 0 Å². The van der Waals surface area contributed by atoms with Gasteiger partial charge >= 0.3 is 0 Å². The topological polar surface area (TPSA) is 56.3 Å². The number of nitrogens with one attached hydrogen (secondary N) is 1.